The van der Waals surface area contributed by atoms with Crippen LogP contribution in [0, 0.1) is 18.3 Å². The van der Waals surface area contributed by atoms with Crippen LogP contribution >= 0.6 is 11.8 Å². The van der Waals surface area contributed by atoms with Crippen LogP contribution in [-0.4, -0.2) is 18.8 Å². The van der Waals surface area contributed by atoms with Crippen molar-refractivity contribution in [2.24, 2.45) is 0 Å². The van der Waals surface area contributed by atoms with Gasteiger partial charge in [0.25, 0.3) is 0 Å². The Balaban J connectivity index is 3.00. The Bertz CT molecular complexity index is 515. The molecule has 100 valence electrons. The molecule has 0 bridgehead atoms. The quantitative estimate of drug-likeness (QED) is 0.509. The highest BCUT2D eigenvalue weighted by atomic mass is 32.2. The Labute approximate surface area is 117 Å². The van der Waals surface area contributed by atoms with Gasteiger partial charge in [0.05, 0.1) is 11.6 Å². The third kappa shape index (κ3) is 4.34. The van der Waals surface area contributed by atoms with E-state index in [4.69, 9.17) is 10.00 Å². The molecule has 0 saturated carbocycles. The third-order valence-corrected chi connectivity index (χ3v) is 3.05. The van der Waals surface area contributed by atoms with Gasteiger partial charge >= 0.3 is 5.97 Å². The molecule has 0 fully saturated rings. The predicted molar refractivity (Wildman–Crippen MR) is 77.6 cm³/mol. The molecule has 0 heterocycles. The largest absolute Gasteiger partial charge is 0.462 e. The van der Waals surface area contributed by atoms with E-state index < -0.39 is 5.97 Å². The molecule has 0 atom stereocenters. The van der Waals surface area contributed by atoms with Crippen LogP contribution in [-0.2, 0) is 9.53 Å². The summed E-state index contributed by atoms with van der Waals surface area (Å²) in [6, 6.07) is 9.59. The maximum Gasteiger partial charge on any atom is 0.351 e. The van der Waals surface area contributed by atoms with E-state index >= 15 is 0 Å². The number of nitriles is 1. The molecule has 1 rings (SSSR count). The van der Waals surface area contributed by atoms with E-state index in [1.807, 2.05) is 37.3 Å². The maximum atomic E-state index is 11.7. The van der Waals surface area contributed by atoms with Crippen molar-refractivity contribution in [2.45, 2.75) is 13.8 Å². The van der Waals surface area contributed by atoms with Gasteiger partial charge in [-0.3, -0.25) is 0 Å². The molecular formula is C14H16N2O2S. The zero-order valence-corrected chi connectivity index (χ0v) is 12.0. The Morgan fingerprint density at radius 2 is 2.05 bits per heavy atom. The summed E-state index contributed by atoms with van der Waals surface area (Å²) >= 11 is 1.30. The fourth-order valence-electron chi connectivity index (χ4n) is 1.38. The lowest BCUT2D eigenvalue weighted by atomic mass is 10.2. The first-order valence-corrected chi connectivity index (χ1v) is 7.04. The van der Waals surface area contributed by atoms with E-state index in [-0.39, 0.29) is 12.2 Å². The predicted octanol–water partition coefficient (Wildman–Crippen LogP) is 3.07. The van der Waals surface area contributed by atoms with Crippen LogP contribution < -0.4 is 5.32 Å². The first kappa shape index (κ1) is 15.1. The van der Waals surface area contributed by atoms with Crippen molar-refractivity contribution in [3.63, 3.8) is 0 Å². The van der Waals surface area contributed by atoms with Gasteiger partial charge in [0.15, 0.2) is 5.57 Å². The smallest absolute Gasteiger partial charge is 0.351 e. The molecule has 19 heavy (non-hydrogen) atoms. The van der Waals surface area contributed by atoms with Crippen molar-refractivity contribution < 1.29 is 9.53 Å². The standard InChI is InChI=1S/C14H16N2O2S/c1-4-18-14(17)12(9-15)13(19-3)16-11-7-5-10(2)6-8-11/h5-8,16H,4H2,1-3H3/b13-12-. The number of anilines is 1. The number of aryl methyl sites for hydroxylation is 1. The molecule has 0 spiro atoms. The highest BCUT2D eigenvalue weighted by Gasteiger charge is 2.16. The molecule has 1 N–H and O–H groups in total. The summed E-state index contributed by atoms with van der Waals surface area (Å²) in [5.41, 5.74) is 1.97. The third-order valence-electron chi connectivity index (χ3n) is 2.33. The van der Waals surface area contributed by atoms with Crippen LogP contribution in [0.4, 0.5) is 5.69 Å². The molecule has 0 amide bonds. The van der Waals surface area contributed by atoms with Crippen molar-refractivity contribution in [1.29, 1.82) is 5.26 Å². The number of esters is 1. The minimum atomic E-state index is -0.603. The fraction of sp³-hybridized carbons (Fsp3) is 0.286. The molecule has 4 nitrogen and oxygen atoms in total. The van der Waals surface area contributed by atoms with Crippen LogP contribution in [0.15, 0.2) is 34.9 Å². The number of benzene rings is 1. The average molecular weight is 276 g/mol. The molecule has 0 aromatic heterocycles. The average Bonchev–Trinajstić information content (AvgIpc) is 2.41. The second-order valence-electron chi connectivity index (χ2n) is 3.73. The number of thioether (sulfide) groups is 1. The molecule has 1 aromatic rings. The van der Waals surface area contributed by atoms with Gasteiger partial charge in [-0.2, -0.15) is 5.26 Å². The Kier molecular flexibility index (Phi) is 5.97. The summed E-state index contributed by atoms with van der Waals surface area (Å²) in [6.45, 7) is 3.95. The van der Waals surface area contributed by atoms with Crippen LogP contribution in [0.5, 0.6) is 0 Å². The molecule has 0 saturated heterocycles. The summed E-state index contributed by atoms with van der Waals surface area (Å²) in [7, 11) is 0. The topological polar surface area (TPSA) is 62.1 Å². The molecule has 5 heteroatoms. The highest BCUT2D eigenvalue weighted by Crippen LogP contribution is 2.21. The van der Waals surface area contributed by atoms with Gasteiger partial charge in [0.1, 0.15) is 6.07 Å². The number of carbonyl (C=O) groups is 1. The Morgan fingerprint density at radius 1 is 1.42 bits per heavy atom. The van der Waals surface area contributed by atoms with E-state index in [0.717, 1.165) is 11.3 Å². The molecular weight excluding hydrogens is 260 g/mol. The molecule has 1 aromatic carbocycles. The fourth-order valence-corrected chi connectivity index (χ4v) is 1.93. The SMILES string of the molecule is CCOC(=O)/C(C#N)=C(/Nc1ccc(C)cc1)SC. The second kappa shape index (κ2) is 7.49. The summed E-state index contributed by atoms with van der Waals surface area (Å²) in [4.78, 5) is 11.7. The molecule has 0 aliphatic carbocycles. The highest BCUT2D eigenvalue weighted by molar-refractivity contribution is 8.02. The van der Waals surface area contributed by atoms with E-state index in [9.17, 15) is 4.79 Å². The number of ether oxygens (including phenoxy) is 1. The normalized spacial score (nSPS) is 11.3. The zero-order valence-electron chi connectivity index (χ0n) is 11.2. The monoisotopic (exact) mass is 276 g/mol. The van der Waals surface area contributed by atoms with Gasteiger partial charge in [-0.15, -0.1) is 11.8 Å². The minimum Gasteiger partial charge on any atom is -0.462 e. The van der Waals surface area contributed by atoms with E-state index in [2.05, 4.69) is 5.32 Å². The lowest BCUT2D eigenvalue weighted by Gasteiger charge is -2.10. The van der Waals surface area contributed by atoms with Gasteiger partial charge < -0.3 is 10.1 Å². The number of carbonyl (C=O) groups excluding carboxylic acids is 1. The van der Waals surface area contributed by atoms with Crippen molar-refractivity contribution in [3.05, 3.63) is 40.4 Å². The Morgan fingerprint density at radius 3 is 2.53 bits per heavy atom. The van der Waals surface area contributed by atoms with Crippen LogP contribution in [0.25, 0.3) is 0 Å². The Hall–Kier alpha value is -1.93. The zero-order chi connectivity index (χ0) is 14.3. The lowest BCUT2D eigenvalue weighted by molar-refractivity contribution is -0.138. The van der Waals surface area contributed by atoms with Crippen LogP contribution in [0.3, 0.4) is 0 Å². The molecule has 0 aliphatic rings. The number of hydrogen-bond acceptors (Lipinski definition) is 5. The lowest BCUT2D eigenvalue weighted by Crippen LogP contribution is -2.11. The van der Waals surface area contributed by atoms with E-state index in [1.165, 1.54) is 11.8 Å². The van der Waals surface area contributed by atoms with Crippen molar-refractivity contribution in [3.8, 4) is 6.07 Å². The number of nitrogens with zero attached hydrogens (tertiary/aromatic N) is 1. The second-order valence-corrected chi connectivity index (χ2v) is 4.55. The van der Waals surface area contributed by atoms with E-state index in [0.29, 0.717) is 5.03 Å². The minimum absolute atomic E-state index is 0.00470. The first-order valence-electron chi connectivity index (χ1n) is 5.81. The number of rotatable bonds is 5. The van der Waals surface area contributed by atoms with Crippen LogP contribution in [0.1, 0.15) is 12.5 Å². The van der Waals surface area contributed by atoms with Gasteiger partial charge in [0.2, 0.25) is 0 Å². The van der Waals surface area contributed by atoms with Crippen molar-refractivity contribution in [1.82, 2.24) is 0 Å². The van der Waals surface area contributed by atoms with Gasteiger partial charge in [-0.05, 0) is 32.2 Å². The van der Waals surface area contributed by atoms with Gasteiger partial charge in [0, 0.05) is 5.69 Å². The number of nitrogens with one attached hydrogen (secondary N) is 1. The molecule has 0 aliphatic heterocycles. The van der Waals surface area contributed by atoms with Gasteiger partial charge in [-0.1, -0.05) is 17.7 Å². The summed E-state index contributed by atoms with van der Waals surface area (Å²) in [6.07, 6.45) is 1.80. The van der Waals surface area contributed by atoms with Crippen LogP contribution in [0.2, 0.25) is 0 Å². The summed E-state index contributed by atoms with van der Waals surface area (Å²) in [5, 5.41) is 12.6. The number of hydrogen-bond donors (Lipinski definition) is 1. The van der Waals surface area contributed by atoms with Gasteiger partial charge in [-0.25, -0.2) is 4.79 Å². The molecule has 0 radical (unpaired) electrons. The molecule has 0 unspecified atom stereocenters. The summed E-state index contributed by atoms with van der Waals surface area (Å²) < 4.78 is 4.86. The van der Waals surface area contributed by atoms with Crippen molar-refractivity contribution >= 4 is 23.4 Å². The van der Waals surface area contributed by atoms with E-state index in [1.54, 1.807) is 13.2 Å². The summed E-state index contributed by atoms with van der Waals surface area (Å²) in [5.74, 6) is -0.603. The maximum absolute atomic E-state index is 11.7. The van der Waals surface area contributed by atoms with Crippen molar-refractivity contribution in [2.75, 3.05) is 18.2 Å². The first-order chi connectivity index (χ1) is 9.12.